The molecule has 4 saturated heterocycles. The molecule has 6 rings (SSSR count). The van der Waals surface area contributed by atoms with Gasteiger partial charge in [0.05, 0.1) is 12.2 Å². The Morgan fingerprint density at radius 1 is 0.771 bits per heavy atom. The monoisotopic (exact) mass is 704 g/mol. The number of hydrogen-bond acceptors (Lipinski definition) is 7. The molecule has 3 N–H and O–H groups in total. The first-order valence-electron chi connectivity index (χ1n) is 17.5. The van der Waals surface area contributed by atoms with Crippen molar-refractivity contribution in [2.45, 2.75) is 122 Å². The van der Waals surface area contributed by atoms with Crippen molar-refractivity contribution >= 4 is 29.3 Å². The molecule has 0 unspecified atom stereocenters. The van der Waals surface area contributed by atoms with E-state index in [-0.39, 0.29) is 25.7 Å². The highest BCUT2D eigenvalue weighted by atomic mass is 35.5. The molecule has 0 saturated carbocycles. The lowest BCUT2D eigenvalue weighted by atomic mass is 9.99. The maximum atomic E-state index is 12.3. The minimum atomic E-state index is -0.462. The molecule has 4 fully saturated rings. The van der Waals surface area contributed by atoms with E-state index in [9.17, 15) is 15.0 Å². The van der Waals surface area contributed by atoms with E-state index in [4.69, 9.17) is 27.9 Å². The molecule has 4 aliphatic heterocycles. The second-order valence-corrected chi connectivity index (χ2v) is 15.7. The summed E-state index contributed by atoms with van der Waals surface area (Å²) in [5, 5.41) is 25.2. The molecular formula is C38H58Cl2N4O4. The van der Waals surface area contributed by atoms with E-state index in [1.165, 1.54) is 24.0 Å². The highest BCUT2D eigenvalue weighted by molar-refractivity contribution is 6.30. The Morgan fingerprint density at radius 2 is 1.19 bits per heavy atom. The summed E-state index contributed by atoms with van der Waals surface area (Å²) >= 11 is 11.9. The number of ether oxygens (including phenoxy) is 1. The predicted molar refractivity (Wildman–Crippen MR) is 196 cm³/mol. The normalized spacial score (nSPS) is 26.1. The fourth-order valence-corrected chi connectivity index (χ4v) is 8.01. The van der Waals surface area contributed by atoms with Gasteiger partial charge in [-0.25, -0.2) is 4.79 Å². The standard InChI is InChI=1S/C21H31ClN2O3.C16H23ClN2O.CH4/c1-21(2,3)27-20(26)23-10-8-17(9-11-23)24-14-19(25)13-18(24)12-15-4-6-16(22)7-5-15;17-13-3-1-12(2-4-13)9-15-10-16(20)11-19(15)14-5-7-18-8-6-14;/h4-7,17-19,25H,8-14H2,1-3H3;1-4,14-16,18,20H,5-11H2;1H4/t18-,19-;15-,16-;/m00./s1. The largest absolute Gasteiger partial charge is 0.444 e. The first kappa shape index (κ1) is 38.9. The van der Waals surface area contributed by atoms with Crippen LogP contribution in [-0.2, 0) is 17.6 Å². The second kappa shape index (κ2) is 17.8. The molecule has 2 aromatic rings. The SMILES string of the molecule is C.CC(C)(C)OC(=O)N1CCC(N2C[C@@H](O)C[C@@H]2Cc2ccc(Cl)cc2)CC1.O[C@H]1C[C@H](Cc2ccc(Cl)cc2)N(C2CCNCC2)C1. The van der Waals surface area contributed by atoms with E-state index in [1.807, 2.05) is 49.9 Å². The van der Waals surface area contributed by atoms with E-state index in [2.05, 4.69) is 39.4 Å². The lowest BCUT2D eigenvalue weighted by Gasteiger charge is -2.39. The Balaban J connectivity index is 0.000000221. The zero-order valence-electron chi connectivity index (χ0n) is 28.3. The molecular weight excluding hydrogens is 647 g/mol. The number of carbonyl (C=O) groups excluding carboxylic acids is 1. The maximum absolute atomic E-state index is 12.3. The van der Waals surface area contributed by atoms with Crippen LogP contribution in [0.5, 0.6) is 0 Å². The summed E-state index contributed by atoms with van der Waals surface area (Å²) in [6.07, 6.45) is 7.20. The van der Waals surface area contributed by atoms with Crippen LogP contribution in [0.1, 0.15) is 77.8 Å². The molecule has 0 aliphatic carbocycles. The molecule has 4 heterocycles. The number of halogens is 2. The van der Waals surface area contributed by atoms with Gasteiger partial charge in [-0.05, 0) is 121 Å². The summed E-state index contributed by atoms with van der Waals surface area (Å²) in [7, 11) is 0. The average molecular weight is 706 g/mol. The molecule has 268 valence electrons. The summed E-state index contributed by atoms with van der Waals surface area (Å²) in [5.41, 5.74) is 2.10. The lowest BCUT2D eigenvalue weighted by Crippen LogP contribution is -2.49. The Labute approximate surface area is 298 Å². The molecule has 0 radical (unpaired) electrons. The van der Waals surface area contributed by atoms with Crippen LogP contribution in [0.25, 0.3) is 0 Å². The Morgan fingerprint density at radius 3 is 1.60 bits per heavy atom. The van der Waals surface area contributed by atoms with Gasteiger partial charge in [0.25, 0.3) is 0 Å². The second-order valence-electron chi connectivity index (χ2n) is 14.8. The van der Waals surface area contributed by atoms with Crippen LogP contribution in [-0.4, -0.2) is 112 Å². The van der Waals surface area contributed by atoms with Gasteiger partial charge in [-0.1, -0.05) is 54.9 Å². The Bertz CT molecular complexity index is 1260. The summed E-state index contributed by atoms with van der Waals surface area (Å²) in [4.78, 5) is 19.1. The topological polar surface area (TPSA) is 88.5 Å². The fourth-order valence-electron chi connectivity index (χ4n) is 7.76. The maximum Gasteiger partial charge on any atom is 0.410 e. The van der Waals surface area contributed by atoms with E-state index >= 15 is 0 Å². The third-order valence-corrected chi connectivity index (χ3v) is 10.5. The summed E-state index contributed by atoms with van der Waals surface area (Å²) in [6.45, 7) is 10.9. The molecule has 0 aromatic heterocycles. The molecule has 0 spiro atoms. The highest BCUT2D eigenvalue weighted by Crippen LogP contribution is 2.30. The average Bonchev–Trinajstić information content (AvgIpc) is 3.60. The summed E-state index contributed by atoms with van der Waals surface area (Å²) in [5.74, 6) is 0. The zero-order chi connectivity index (χ0) is 33.6. The number of nitrogens with one attached hydrogen (secondary N) is 1. The first-order valence-corrected chi connectivity index (χ1v) is 18.2. The number of amides is 1. The predicted octanol–water partition coefficient (Wildman–Crippen LogP) is 6.42. The van der Waals surface area contributed by atoms with Gasteiger partial charge in [-0.3, -0.25) is 9.80 Å². The van der Waals surface area contributed by atoms with Gasteiger partial charge in [0.15, 0.2) is 0 Å². The summed E-state index contributed by atoms with van der Waals surface area (Å²) < 4.78 is 5.49. The molecule has 4 aliphatic rings. The van der Waals surface area contributed by atoms with Crippen molar-refractivity contribution in [3.05, 3.63) is 69.7 Å². The molecule has 0 bridgehead atoms. The zero-order valence-corrected chi connectivity index (χ0v) is 29.8. The van der Waals surface area contributed by atoms with Crippen molar-refractivity contribution in [3.63, 3.8) is 0 Å². The number of nitrogens with zero attached hydrogens (tertiary/aromatic N) is 3. The number of likely N-dealkylation sites (tertiary alicyclic amines) is 3. The van der Waals surface area contributed by atoms with Gasteiger partial charge < -0.3 is 25.2 Å². The smallest absolute Gasteiger partial charge is 0.410 e. The van der Waals surface area contributed by atoms with Gasteiger partial charge in [0.1, 0.15) is 5.60 Å². The van der Waals surface area contributed by atoms with Crippen LogP contribution < -0.4 is 5.32 Å². The van der Waals surface area contributed by atoms with Gasteiger partial charge in [-0.2, -0.15) is 0 Å². The van der Waals surface area contributed by atoms with Crippen molar-refractivity contribution in [2.75, 3.05) is 39.3 Å². The molecule has 4 atom stereocenters. The van der Waals surface area contributed by atoms with Crippen LogP contribution in [0.4, 0.5) is 4.79 Å². The molecule has 2 aromatic carbocycles. The third-order valence-electron chi connectivity index (χ3n) is 10.0. The number of benzene rings is 2. The minimum Gasteiger partial charge on any atom is -0.444 e. The molecule has 8 nitrogen and oxygen atoms in total. The molecule has 1 amide bonds. The molecule has 48 heavy (non-hydrogen) atoms. The van der Waals surface area contributed by atoms with Crippen molar-refractivity contribution in [3.8, 4) is 0 Å². The number of aliphatic hydroxyl groups is 2. The summed E-state index contributed by atoms with van der Waals surface area (Å²) in [6, 6.07) is 17.9. The van der Waals surface area contributed by atoms with Crippen molar-refractivity contribution in [1.29, 1.82) is 0 Å². The van der Waals surface area contributed by atoms with Crippen molar-refractivity contribution in [1.82, 2.24) is 20.0 Å². The van der Waals surface area contributed by atoms with Crippen LogP contribution >= 0.6 is 23.2 Å². The molecule has 10 heteroatoms. The van der Waals surface area contributed by atoms with Crippen molar-refractivity contribution < 1.29 is 19.7 Å². The fraction of sp³-hybridized carbons (Fsp3) is 0.658. The van der Waals surface area contributed by atoms with Gasteiger partial charge >= 0.3 is 6.09 Å². The van der Waals surface area contributed by atoms with Crippen molar-refractivity contribution in [2.24, 2.45) is 0 Å². The van der Waals surface area contributed by atoms with Crippen LogP contribution in [0.3, 0.4) is 0 Å². The Hall–Kier alpha value is -1.91. The van der Waals surface area contributed by atoms with Gasteiger partial charge in [0, 0.05) is 60.4 Å². The van der Waals surface area contributed by atoms with E-state index in [0.29, 0.717) is 37.3 Å². The number of aliphatic hydroxyl groups excluding tert-OH is 2. The number of β-amino-alcohol motifs (C(OH)–C–C–N with tert-alkyl or cyclic N) is 2. The highest BCUT2D eigenvalue weighted by Gasteiger charge is 2.38. The number of rotatable bonds is 6. The third kappa shape index (κ3) is 11.3. The number of carbonyl (C=O) groups is 1. The van der Waals surface area contributed by atoms with E-state index in [1.54, 1.807) is 0 Å². The van der Waals surface area contributed by atoms with E-state index in [0.717, 1.165) is 74.7 Å². The minimum absolute atomic E-state index is 0. The van der Waals surface area contributed by atoms with Gasteiger partial charge in [-0.15, -0.1) is 0 Å². The quantitative estimate of drug-likeness (QED) is 0.320. The lowest BCUT2D eigenvalue weighted by molar-refractivity contribution is 0.0128. The Kier molecular flexibility index (Phi) is 14.5. The van der Waals surface area contributed by atoms with Crippen LogP contribution in [0.15, 0.2) is 48.5 Å². The number of hydrogen-bond donors (Lipinski definition) is 3. The van der Waals surface area contributed by atoms with E-state index < -0.39 is 5.60 Å². The number of piperidine rings is 2. The first-order chi connectivity index (χ1) is 22.4. The van der Waals surface area contributed by atoms with Gasteiger partial charge in [0.2, 0.25) is 0 Å². The van der Waals surface area contributed by atoms with Crippen LogP contribution in [0.2, 0.25) is 10.0 Å². The van der Waals surface area contributed by atoms with Crippen LogP contribution in [0, 0.1) is 0 Å².